The third-order valence-corrected chi connectivity index (χ3v) is 10.7. The van der Waals surface area contributed by atoms with Gasteiger partial charge in [0.25, 0.3) is 0 Å². The summed E-state index contributed by atoms with van der Waals surface area (Å²) < 4.78 is 13.6. The molecule has 0 saturated heterocycles. The van der Waals surface area contributed by atoms with E-state index in [2.05, 4.69) is 124 Å². The number of nitrogens with zero attached hydrogens (tertiary/aromatic N) is 2. The Hall–Kier alpha value is -4.77. The highest BCUT2D eigenvalue weighted by Crippen LogP contribution is 2.55. The van der Waals surface area contributed by atoms with Crippen LogP contribution in [0.4, 0.5) is 11.4 Å². The van der Waals surface area contributed by atoms with Crippen molar-refractivity contribution in [2.24, 2.45) is 0 Å². The average molecular weight is 581 g/mol. The van der Waals surface area contributed by atoms with Crippen molar-refractivity contribution in [1.29, 1.82) is 0 Å². The molecule has 0 amide bonds. The van der Waals surface area contributed by atoms with Crippen molar-refractivity contribution >= 4 is 29.3 Å². The molecule has 220 valence electrons. The van der Waals surface area contributed by atoms with E-state index < -0.39 is 11.4 Å². The molecule has 0 aromatic heterocycles. The van der Waals surface area contributed by atoms with Gasteiger partial charge in [-0.15, -0.1) is 0 Å². The molecule has 0 radical (unpaired) electrons. The lowest BCUT2D eigenvalue weighted by Crippen LogP contribution is -2.58. The minimum absolute atomic E-state index is 0.0330. The van der Waals surface area contributed by atoms with E-state index >= 15 is 0 Å². The van der Waals surface area contributed by atoms with Crippen LogP contribution < -0.4 is 19.3 Å². The van der Waals surface area contributed by atoms with Gasteiger partial charge in [0.1, 0.15) is 11.5 Å². The fourth-order valence-electron chi connectivity index (χ4n) is 8.01. The molecular formula is C39H36N2O3. The first-order valence-corrected chi connectivity index (χ1v) is 15.3. The number of rotatable bonds is 2. The SMILES string of the molecule is CN1c2ccccc2C(C)(C)C12C=Cc1cc(C(=O)c3ccc4c(c3)C=CC3(O4)N(C)c4ccccc4C3(C)C)ccc1O2. The lowest BCUT2D eigenvalue weighted by atomic mass is 9.76. The molecule has 5 heteroatoms. The molecule has 0 N–H and O–H groups in total. The van der Waals surface area contributed by atoms with Crippen LogP contribution in [0.2, 0.25) is 0 Å². The summed E-state index contributed by atoms with van der Waals surface area (Å²) in [5.74, 6) is 1.51. The van der Waals surface area contributed by atoms with E-state index in [0.29, 0.717) is 11.1 Å². The van der Waals surface area contributed by atoms with E-state index in [1.54, 1.807) is 0 Å². The van der Waals surface area contributed by atoms with Crippen LogP contribution in [-0.4, -0.2) is 31.3 Å². The Balaban J connectivity index is 1.08. The normalized spacial score (nSPS) is 24.4. The van der Waals surface area contributed by atoms with Crippen LogP contribution in [0.5, 0.6) is 11.5 Å². The Kier molecular flexibility index (Phi) is 5.28. The summed E-state index contributed by atoms with van der Waals surface area (Å²) in [5, 5.41) is 0. The predicted molar refractivity (Wildman–Crippen MR) is 177 cm³/mol. The Morgan fingerprint density at radius 2 is 1.00 bits per heavy atom. The van der Waals surface area contributed by atoms with Gasteiger partial charge < -0.3 is 19.3 Å². The molecule has 2 atom stereocenters. The first kappa shape index (κ1) is 26.8. The number of ketones is 1. The number of benzene rings is 4. The number of carbonyl (C=O) groups excluding carboxylic acids is 1. The van der Waals surface area contributed by atoms with Crippen molar-refractivity contribution in [2.75, 3.05) is 23.9 Å². The van der Waals surface area contributed by atoms with Gasteiger partial charge in [-0.2, -0.15) is 0 Å². The Labute approximate surface area is 259 Å². The largest absolute Gasteiger partial charge is 0.463 e. The minimum atomic E-state index is -0.652. The van der Waals surface area contributed by atoms with Crippen LogP contribution in [0.1, 0.15) is 65.9 Å². The molecule has 44 heavy (non-hydrogen) atoms. The molecule has 0 aliphatic carbocycles. The molecule has 8 rings (SSSR count). The van der Waals surface area contributed by atoms with Crippen LogP contribution in [0.25, 0.3) is 12.2 Å². The molecule has 4 aliphatic rings. The molecule has 0 saturated carbocycles. The smallest absolute Gasteiger partial charge is 0.211 e. The average Bonchev–Trinajstić information content (AvgIpc) is 3.30. The summed E-state index contributed by atoms with van der Waals surface area (Å²) in [6.07, 6.45) is 8.47. The lowest BCUT2D eigenvalue weighted by Gasteiger charge is -2.45. The number of para-hydroxylation sites is 2. The molecule has 4 heterocycles. The summed E-state index contributed by atoms with van der Waals surface area (Å²) in [7, 11) is 4.17. The Morgan fingerprint density at radius 3 is 1.41 bits per heavy atom. The van der Waals surface area contributed by atoms with Gasteiger partial charge in [0.15, 0.2) is 5.78 Å². The molecule has 5 nitrogen and oxygen atoms in total. The highest BCUT2D eigenvalue weighted by atomic mass is 16.5. The fourth-order valence-corrected chi connectivity index (χ4v) is 8.01. The summed E-state index contributed by atoms with van der Waals surface area (Å²) in [6.45, 7) is 8.90. The topological polar surface area (TPSA) is 42.0 Å². The van der Waals surface area contributed by atoms with E-state index in [0.717, 1.165) is 22.6 Å². The van der Waals surface area contributed by atoms with Crippen molar-refractivity contribution in [1.82, 2.24) is 0 Å². The third-order valence-electron chi connectivity index (χ3n) is 10.7. The van der Waals surface area contributed by atoms with Crippen molar-refractivity contribution in [3.63, 3.8) is 0 Å². The van der Waals surface area contributed by atoms with Crippen molar-refractivity contribution in [3.8, 4) is 11.5 Å². The summed E-state index contributed by atoms with van der Waals surface area (Å²) in [6, 6.07) is 28.4. The standard InChI is InChI=1S/C39H36N2O3/c1-36(2)29-11-7-9-13-31(29)40(5)38(36)21-19-25-23-27(15-17-33(25)43-38)35(42)28-16-18-34-26(24-28)20-22-39(44-34)37(3,4)30-12-8-10-14-32(30)41(39)6/h7-24H,1-6H3. The van der Waals surface area contributed by atoms with Crippen LogP contribution in [0.3, 0.4) is 0 Å². The second-order valence-corrected chi connectivity index (χ2v) is 13.5. The molecular weight excluding hydrogens is 544 g/mol. The zero-order valence-corrected chi connectivity index (χ0v) is 26.0. The van der Waals surface area contributed by atoms with E-state index in [1.807, 2.05) is 36.4 Å². The monoisotopic (exact) mass is 580 g/mol. The van der Waals surface area contributed by atoms with Crippen LogP contribution >= 0.6 is 0 Å². The highest BCUT2D eigenvalue weighted by molar-refractivity contribution is 6.10. The van der Waals surface area contributed by atoms with Crippen LogP contribution in [-0.2, 0) is 10.8 Å². The van der Waals surface area contributed by atoms with Gasteiger partial charge in [-0.1, -0.05) is 36.4 Å². The van der Waals surface area contributed by atoms with Gasteiger partial charge in [-0.3, -0.25) is 4.79 Å². The maximum Gasteiger partial charge on any atom is 0.211 e. The van der Waals surface area contributed by atoms with Gasteiger partial charge in [-0.25, -0.2) is 0 Å². The van der Waals surface area contributed by atoms with E-state index in [-0.39, 0.29) is 16.6 Å². The second kappa shape index (κ2) is 8.66. The zero-order chi connectivity index (χ0) is 30.6. The van der Waals surface area contributed by atoms with Crippen molar-refractivity contribution in [2.45, 2.75) is 50.0 Å². The zero-order valence-electron chi connectivity index (χ0n) is 26.0. The Morgan fingerprint density at radius 1 is 0.591 bits per heavy atom. The van der Waals surface area contributed by atoms with Crippen molar-refractivity contribution in [3.05, 3.63) is 130 Å². The fraction of sp³-hybridized carbons (Fsp3) is 0.256. The van der Waals surface area contributed by atoms with Gasteiger partial charge in [0, 0.05) is 47.7 Å². The Bertz CT molecular complexity index is 1810. The van der Waals surface area contributed by atoms with E-state index in [1.165, 1.54) is 22.5 Å². The van der Waals surface area contributed by atoms with E-state index in [4.69, 9.17) is 9.47 Å². The second-order valence-electron chi connectivity index (χ2n) is 13.5. The molecule has 2 unspecified atom stereocenters. The van der Waals surface area contributed by atoms with Crippen LogP contribution in [0.15, 0.2) is 97.1 Å². The molecule has 2 spiro atoms. The van der Waals surface area contributed by atoms with Crippen LogP contribution in [0, 0.1) is 0 Å². The maximum atomic E-state index is 13.8. The van der Waals surface area contributed by atoms with Crippen molar-refractivity contribution < 1.29 is 14.3 Å². The maximum absolute atomic E-state index is 13.8. The molecule has 4 aliphatic heterocycles. The molecule has 4 aromatic carbocycles. The number of ether oxygens (including phenoxy) is 2. The minimum Gasteiger partial charge on any atom is -0.463 e. The summed E-state index contributed by atoms with van der Waals surface area (Å²) >= 11 is 0. The van der Waals surface area contributed by atoms with Gasteiger partial charge in [0.05, 0.1) is 10.8 Å². The quantitative estimate of drug-likeness (QED) is 0.225. The molecule has 4 aromatic rings. The predicted octanol–water partition coefficient (Wildman–Crippen LogP) is 7.98. The first-order valence-electron chi connectivity index (χ1n) is 15.3. The van der Waals surface area contributed by atoms with E-state index in [9.17, 15) is 4.79 Å². The lowest BCUT2D eigenvalue weighted by molar-refractivity contribution is 0.0581. The number of carbonyl (C=O) groups is 1. The number of hydrogen-bond acceptors (Lipinski definition) is 5. The third kappa shape index (κ3) is 3.22. The summed E-state index contributed by atoms with van der Waals surface area (Å²) in [4.78, 5) is 18.2. The summed E-state index contributed by atoms with van der Waals surface area (Å²) in [5.41, 5.74) is 6.04. The number of likely N-dealkylation sites (N-methyl/N-ethyl adjacent to an activating group) is 2. The number of fused-ring (bicyclic) bond motifs is 4. The van der Waals surface area contributed by atoms with Gasteiger partial charge in [-0.05, 0) is 112 Å². The number of anilines is 2. The highest BCUT2D eigenvalue weighted by Gasteiger charge is 2.58. The first-order chi connectivity index (χ1) is 21.0. The molecule has 0 fully saturated rings. The van der Waals surface area contributed by atoms with Gasteiger partial charge >= 0.3 is 0 Å². The number of hydrogen-bond donors (Lipinski definition) is 0. The van der Waals surface area contributed by atoms with Gasteiger partial charge in [0.2, 0.25) is 11.4 Å². The molecule has 0 bridgehead atoms.